The van der Waals surface area contributed by atoms with E-state index in [0.29, 0.717) is 5.56 Å². The molecule has 3 aromatic rings. The Morgan fingerprint density at radius 1 is 1.34 bits per heavy atom. The van der Waals surface area contributed by atoms with Gasteiger partial charge in [-0.2, -0.15) is 10.4 Å². The first-order chi connectivity index (χ1) is 13.6. The van der Waals surface area contributed by atoms with Crippen LogP contribution in [0.2, 0.25) is 0 Å². The van der Waals surface area contributed by atoms with Crippen LogP contribution in [0.4, 0.5) is 0 Å². The highest BCUT2D eigenvalue weighted by molar-refractivity contribution is 7.89. The first-order valence-electron chi connectivity index (χ1n) is 8.84. The Bertz CT molecular complexity index is 1400. The lowest BCUT2D eigenvalue weighted by atomic mass is 10.1. The van der Waals surface area contributed by atoms with Crippen LogP contribution in [0.5, 0.6) is 0 Å². The highest BCUT2D eigenvalue weighted by atomic mass is 32.2. The van der Waals surface area contributed by atoms with Crippen LogP contribution in [0, 0.1) is 11.3 Å². The van der Waals surface area contributed by atoms with Crippen LogP contribution < -0.4 is 16.0 Å². The summed E-state index contributed by atoms with van der Waals surface area (Å²) in [4.78, 5) is 27.8. The van der Waals surface area contributed by atoms with Gasteiger partial charge in [0.1, 0.15) is 6.07 Å². The van der Waals surface area contributed by atoms with Crippen molar-refractivity contribution in [2.24, 2.45) is 7.05 Å². The van der Waals surface area contributed by atoms with E-state index in [0.717, 1.165) is 23.5 Å². The molecule has 0 amide bonds. The third kappa shape index (κ3) is 3.48. The van der Waals surface area contributed by atoms with E-state index in [9.17, 15) is 23.3 Å². The SMILES string of the molecule is Cn1cc(Cn2c(=O)[nH]c3c(C#N)cc(S(=O)(=O)NC4(C)CC4)cc3c2=O)cn1. The summed E-state index contributed by atoms with van der Waals surface area (Å²) in [6.07, 6.45) is 4.63. The molecule has 1 fully saturated rings. The molecule has 1 aromatic carbocycles. The molecule has 1 aliphatic carbocycles. The van der Waals surface area contributed by atoms with Gasteiger partial charge in [0.15, 0.2) is 0 Å². The average Bonchev–Trinajstić information content (AvgIpc) is 3.22. The number of aryl methyl sites for hydroxylation is 1. The Hall–Kier alpha value is -3.23. The molecular formula is C18H18N6O4S. The Labute approximate surface area is 165 Å². The number of fused-ring (bicyclic) bond motifs is 1. The zero-order chi connectivity index (χ0) is 21.0. The topological polar surface area (TPSA) is 143 Å². The van der Waals surface area contributed by atoms with Gasteiger partial charge >= 0.3 is 5.69 Å². The maximum Gasteiger partial charge on any atom is 0.329 e. The minimum atomic E-state index is -3.93. The quantitative estimate of drug-likeness (QED) is 0.609. The van der Waals surface area contributed by atoms with Crippen molar-refractivity contribution < 1.29 is 8.42 Å². The van der Waals surface area contributed by atoms with E-state index >= 15 is 0 Å². The molecule has 0 bridgehead atoms. The first kappa shape index (κ1) is 19.1. The standard InChI is InChI=1S/C18H18N6O4S/c1-18(3-4-18)22-29(27,28)13-5-12(7-19)15-14(6-13)16(25)24(17(26)21-15)10-11-8-20-23(2)9-11/h5-6,8-9,22H,3-4,10H2,1-2H3,(H,21,26). The minimum absolute atomic E-state index is 0.0153. The van der Waals surface area contributed by atoms with Gasteiger partial charge in [-0.3, -0.25) is 14.0 Å². The number of benzene rings is 1. The normalized spacial score (nSPS) is 15.3. The van der Waals surface area contributed by atoms with Gasteiger partial charge in [0.05, 0.1) is 34.1 Å². The fourth-order valence-corrected chi connectivity index (χ4v) is 4.64. The van der Waals surface area contributed by atoms with Crippen molar-refractivity contribution in [3.8, 4) is 6.07 Å². The second kappa shape index (κ2) is 6.40. The van der Waals surface area contributed by atoms with Gasteiger partial charge in [-0.05, 0) is 31.9 Å². The molecule has 0 unspecified atom stereocenters. The maximum absolute atomic E-state index is 13.0. The molecule has 150 valence electrons. The maximum atomic E-state index is 13.0. The second-order valence-corrected chi connectivity index (χ2v) is 9.20. The monoisotopic (exact) mass is 414 g/mol. The van der Waals surface area contributed by atoms with Crippen LogP contribution in [0.15, 0.2) is 39.0 Å². The zero-order valence-electron chi connectivity index (χ0n) is 15.8. The lowest BCUT2D eigenvalue weighted by molar-refractivity contribution is 0.558. The van der Waals surface area contributed by atoms with Gasteiger partial charge in [0.25, 0.3) is 5.56 Å². The summed E-state index contributed by atoms with van der Waals surface area (Å²) in [5, 5.41) is 13.4. The van der Waals surface area contributed by atoms with Crippen molar-refractivity contribution in [3.05, 3.63) is 56.5 Å². The summed E-state index contributed by atoms with van der Waals surface area (Å²) < 4.78 is 30.6. The molecule has 0 saturated heterocycles. The molecule has 4 rings (SSSR count). The zero-order valence-corrected chi connectivity index (χ0v) is 16.6. The molecule has 0 radical (unpaired) electrons. The van der Waals surface area contributed by atoms with E-state index < -0.39 is 26.8 Å². The number of rotatable bonds is 5. The van der Waals surface area contributed by atoms with Crippen molar-refractivity contribution >= 4 is 20.9 Å². The number of nitriles is 1. The number of aromatic nitrogens is 4. The van der Waals surface area contributed by atoms with Crippen LogP contribution in [0.25, 0.3) is 10.9 Å². The summed E-state index contributed by atoms with van der Waals surface area (Å²) in [6, 6.07) is 4.22. The van der Waals surface area contributed by atoms with Crippen molar-refractivity contribution in [3.63, 3.8) is 0 Å². The minimum Gasteiger partial charge on any atom is -0.305 e. The van der Waals surface area contributed by atoms with Gasteiger partial charge in [-0.15, -0.1) is 0 Å². The Morgan fingerprint density at radius 3 is 2.66 bits per heavy atom. The number of hydrogen-bond acceptors (Lipinski definition) is 6. The number of aromatic amines is 1. The molecule has 1 saturated carbocycles. The van der Waals surface area contributed by atoms with Gasteiger partial charge < -0.3 is 4.98 Å². The van der Waals surface area contributed by atoms with E-state index in [-0.39, 0.29) is 27.9 Å². The lowest BCUT2D eigenvalue weighted by Crippen LogP contribution is -2.36. The number of sulfonamides is 1. The average molecular weight is 414 g/mol. The molecule has 2 heterocycles. The van der Waals surface area contributed by atoms with Gasteiger partial charge in [-0.25, -0.2) is 17.9 Å². The van der Waals surface area contributed by atoms with Crippen LogP contribution in [0.1, 0.15) is 30.9 Å². The molecule has 10 nitrogen and oxygen atoms in total. The number of hydrogen-bond donors (Lipinski definition) is 2. The number of H-pyrrole nitrogens is 1. The molecule has 11 heteroatoms. The second-order valence-electron chi connectivity index (χ2n) is 7.52. The Morgan fingerprint density at radius 2 is 2.07 bits per heavy atom. The van der Waals surface area contributed by atoms with Crippen molar-refractivity contribution in [2.75, 3.05) is 0 Å². The van der Waals surface area contributed by atoms with Crippen LogP contribution in [0.3, 0.4) is 0 Å². The molecule has 0 atom stereocenters. The van der Waals surface area contributed by atoms with E-state index in [1.165, 1.54) is 16.9 Å². The van der Waals surface area contributed by atoms with Crippen LogP contribution >= 0.6 is 0 Å². The predicted molar refractivity (Wildman–Crippen MR) is 104 cm³/mol. The molecule has 29 heavy (non-hydrogen) atoms. The van der Waals surface area contributed by atoms with Crippen LogP contribution in [-0.4, -0.2) is 33.3 Å². The summed E-state index contributed by atoms with van der Waals surface area (Å²) in [5.41, 5.74) is -1.33. The smallest absolute Gasteiger partial charge is 0.305 e. The molecular weight excluding hydrogens is 396 g/mol. The fraction of sp³-hybridized carbons (Fsp3) is 0.333. The Balaban J connectivity index is 1.90. The van der Waals surface area contributed by atoms with E-state index in [1.807, 2.05) is 6.07 Å². The van der Waals surface area contributed by atoms with Gasteiger partial charge in [0, 0.05) is 24.3 Å². The molecule has 0 aliphatic heterocycles. The molecule has 1 aliphatic rings. The summed E-state index contributed by atoms with van der Waals surface area (Å²) in [6.45, 7) is 1.75. The highest BCUT2D eigenvalue weighted by Crippen LogP contribution is 2.36. The van der Waals surface area contributed by atoms with Crippen molar-refractivity contribution in [1.82, 2.24) is 24.1 Å². The largest absolute Gasteiger partial charge is 0.329 e. The predicted octanol–water partition coefficient (Wildman–Crippen LogP) is 0.174. The van der Waals surface area contributed by atoms with Gasteiger partial charge in [-0.1, -0.05) is 0 Å². The summed E-state index contributed by atoms with van der Waals surface area (Å²) >= 11 is 0. The van der Waals surface area contributed by atoms with Crippen molar-refractivity contribution in [2.45, 2.75) is 36.7 Å². The third-order valence-corrected chi connectivity index (χ3v) is 6.59. The summed E-state index contributed by atoms with van der Waals surface area (Å²) in [5.74, 6) is 0. The Kier molecular flexibility index (Phi) is 4.21. The number of nitrogens with zero attached hydrogens (tertiary/aromatic N) is 4. The molecule has 2 N–H and O–H groups in total. The van der Waals surface area contributed by atoms with Gasteiger partial charge in [0.2, 0.25) is 10.0 Å². The fourth-order valence-electron chi connectivity index (χ4n) is 3.13. The number of nitrogens with one attached hydrogen (secondary N) is 2. The molecule has 0 spiro atoms. The van der Waals surface area contributed by atoms with Crippen LogP contribution in [-0.2, 0) is 23.6 Å². The first-order valence-corrected chi connectivity index (χ1v) is 10.3. The van der Waals surface area contributed by atoms with Crippen molar-refractivity contribution in [1.29, 1.82) is 5.26 Å². The lowest BCUT2D eigenvalue weighted by Gasteiger charge is -2.13. The highest BCUT2D eigenvalue weighted by Gasteiger charge is 2.41. The van der Waals surface area contributed by atoms with E-state index in [4.69, 9.17) is 0 Å². The third-order valence-electron chi connectivity index (χ3n) is 4.98. The summed E-state index contributed by atoms with van der Waals surface area (Å²) in [7, 11) is -2.22. The van der Waals surface area contributed by atoms with E-state index in [1.54, 1.807) is 20.2 Å². The van der Waals surface area contributed by atoms with E-state index in [2.05, 4.69) is 14.8 Å². The molecule has 2 aromatic heterocycles.